The highest BCUT2D eigenvalue weighted by Crippen LogP contribution is 2.23. The Morgan fingerprint density at radius 1 is 1.36 bits per heavy atom. The van der Waals surface area contributed by atoms with Crippen LogP contribution in [0.1, 0.15) is 19.4 Å². The molecule has 0 saturated heterocycles. The summed E-state index contributed by atoms with van der Waals surface area (Å²) in [5, 5.41) is 9.15. The molecule has 6 heteroatoms. The smallest absolute Gasteiger partial charge is 0.269 e. The Morgan fingerprint density at radius 3 is 2.91 bits per heavy atom. The molecule has 2 heterocycles. The van der Waals surface area contributed by atoms with Crippen LogP contribution in [-0.4, -0.2) is 19.5 Å². The number of fused-ring (bicyclic) bond motifs is 1. The predicted octanol–water partition coefficient (Wildman–Crippen LogP) is 2.31. The highest BCUT2D eigenvalue weighted by atomic mass is 16.1. The van der Waals surface area contributed by atoms with Gasteiger partial charge < -0.3 is 9.55 Å². The summed E-state index contributed by atoms with van der Waals surface area (Å²) in [4.78, 5) is 22.6. The second-order valence-corrected chi connectivity index (χ2v) is 5.56. The Kier molecular flexibility index (Phi) is 3.47. The van der Waals surface area contributed by atoms with Gasteiger partial charge in [0.25, 0.3) is 5.56 Å². The molecule has 0 aliphatic rings. The minimum atomic E-state index is -0.432. The van der Waals surface area contributed by atoms with E-state index in [0.717, 1.165) is 17.6 Å². The highest BCUT2D eigenvalue weighted by Gasteiger charge is 2.12. The Hall–Kier alpha value is -2.94. The van der Waals surface area contributed by atoms with Crippen molar-refractivity contribution < 1.29 is 0 Å². The van der Waals surface area contributed by atoms with Crippen LogP contribution in [0, 0.1) is 17.2 Å². The zero-order chi connectivity index (χ0) is 15.7. The molecule has 3 rings (SSSR count). The number of nitrogens with zero attached hydrogens (tertiary/aromatic N) is 4. The maximum atomic E-state index is 11.7. The van der Waals surface area contributed by atoms with Gasteiger partial charge in [-0.1, -0.05) is 19.9 Å². The van der Waals surface area contributed by atoms with Crippen LogP contribution in [0.3, 0.4) is 0 Å². The molecule has 1 aromatic carbocycles. The van der Waals surface area contributed by atoms with E-state index in [-0.39, 0.29) is 5.56 Å². The summed E-state index contributed by atoms with van der Waals surface area (Å²) in [7, 11) is 0. The molecule has 0 bridgehead atoms. The summed E-state index contributed by atoms with van der Waals surface area (Å²) < 4.78 is 2.10. The molecule has 0 radical (unpaired) electrons. The third-order valence-electron chi connectivity index (χ3n) is 3.42. The first-order valence-electron chi connectivity index (χ1n) is 7.03. The van der Waals surface area contributed by atoms with Crippen molar-refractivity contribution in [3.05, 3.63) is 46.8 Å². The largest absolute Gasteiger partial charge is 0.330 e. The van der Waals surface area contributed by atoms with Gasteiger partial charge in [0.1, 0.15) is 11.6 Å². The van der Waals surface area contributed by atoms with E-state index in [1.165, 1.54) is 6.33 Å². The van der Waals surface area contributed by atoms with Crippen molar-refractivity contribution in [2.45, 2.75) is 20.4 Å². The zero-order valence-corrected chi connectivity index (χ0v) is 12.4. The number of nitrogens with one attached hydrogen (secondary N) is 1. The first kappa shape index (κ1) is 14.0. The van der Waals surface area contributed by atoms with Gasteiger partial charge in [-0.05, 0) is 18.1 Å². The lowest BCUT2D eigenvalue weighted by Crippen LogP contribution is -2.12. The van der Waals surface area contributed by atoms with Crippen LogP contribution >= 0.6 is 0 Å². The van der Waals surface area contributed by atoms with Crippen molar-refractivity contribution in [1.82, 2.24) is 19.5 Å². The van der Waals surface area contributed by atoms with E-state index >= 15 is 0 Å². The molecular weight excluding hydrogens is 278 g/mol. The van der Waals surface area contributed by atoms with E-state index in [9.17, 15) is 4.79 Å². The highest BCUT2D eigenvalue weighted by molar-refractivity contribution is 5.82. The number of hydrogen-bond acceptors (Lipinski definition) is 4. The summed E-state index contributed by atoms with van der Waals surface area (Å²) >= 11 is 0. The van der Waals surface area contributed by atoms with Crippen LogP contribution < -0.4 is 5.56 Å². The Morgan fingerprint density at radius 2 is 2.18 bits per heavy atom. The maximum absolute atomic E-state index is 11.7. The minimum Gasteiger partial charge on any atom is -0.330 e. The normalized spacial score (nSPS) is 11.0. The number of imidazole rings is 1. The molecule has 1 N–H and O–H groups in total. The molecule has 0 saturated carbocycles. The number of aromatic nitrogens is 4. The quantitative estimate of drug-likeness (QED) is 0.802. The van der Waals surface area contributed by atoms with Gasteiger partial charge in [0, 0.05) is 12.1 Å². The third-order valence-corrected chi connectivity index (χ3v) is 3.42. The van der Waals surface area contributed by atoms with Gasteiger partial charge in [0.2, 0.25) is 0 Å². The van der Waals surface area contributed by atoms with Crippen LogP contribution in [-0.2, 0) is 6.54 Å². The first-order chi connectivity index (χ1) is 10.6. The maximum Gasteiger partial charge on any atom is 0.269 e. The van der Waals surface area contributed by atoms with Gasteiger partial charge in [-0.15, -0.1) is 0 Å². The molecule has 0 atom stereocenters. The fraction of sp³-hybridized carbons (Fsp3) is 0.250. The molecule has 0 spiro atoms. The summed E-state index contributed by atoms with van der Waals surface area (Å²) in [6.45, 7) is 5.20. The van der Waals surface area contributed by atoms with Crippen molar-refractivity contribution in [1.29, 1.82) is 5.26 Å². The molecule has 3 aromatic rings. The zero-order valence-electron chi connectivity index (χ0n) is 12.4. The molecule has 6 nitrogen and oxygen atoms in total. The molecule has 2 aromatic heterocycles. The van der Waals surface area contributed by atoms with Gasteiger partial charge in [-0.2, -0.15) is 5.26 Å². The van der Waals surface area contributed by atoms with Crippen LogP contribution in [0.5, 0.6) is 0 Å². The van der Waals surface area contributed by atoms with Gasteiger partial charge in [0.05, 0.1) is 29.4 Å². The Labute approximate surface area is 127 Å². The number of aromatic amines is 1. The minimum absolute atomic E-state index is 0.0171. The van der Waals surface area contributed by atoms with Crippen molar-refractivity contribution in [2.75, 3.05) is 0 Å². The van der Waals surface area contributed by atoms with Crippen molar-refractivity contribution in [3.63, 3.8) is 0 Å². The van der Waals surface area contributed by atoms with Crippen molar-refractivity contribution in [3.8, 4) is 17.3 Å². The molecular formula is C16H15N5O. The van der Waals surface area contributed by atoms with E-state index < -0.39 is 5.56 Å². The average Bonchev–Trinajstić information content (AvgIpc) is 2.88. The third kappa shape index (κ3) is 2.37. The van der Waals surface area contributed by atoms with Gasteiger partial charge in [-0.25, -0.2) is 9.97 Å². The molecule has 22 heavy (non-hydrogen) atoms. The van der Waals surface area contributed by atoms with E-state index in [4.69, 9.17) is 5.26 Å². The van der Waals surface area contributed by atoms with Gasteiger partial charge >= 0.3 is 0 Å². The summed E-state index contributed by atoms with van der Waals surface area (Å²) in [6, 6.07) is 7.58. The molecule has 0 amide bonds. The van der Waals surface area contributed by atoms with E-state index in [2.05, 4.69) is 33.4 Å². The van der Waals surface area contributed by atoms with Gasteiger partial charge in [0.15, 0.2) is 0 Å². The topological polar surface area (TPSA) is 87.4 Å². The lowest BCUT2D eigenvalue weighted by atomic mass is 10.1. The fourth-order valence-corrected chi connectivity index (χ4v) is 2.47. The summed E-state index contributed by atoms with van der Waals surface area (Å²) in [6.07, 6.45) is 3.12. The molecule has 0 unspecified atom stereocenters. The lowest BCUT2D eigenvalue weighted by molar-refractivity contribution is 0.533. The average molecular weight is 293 g/mol. The summed E-state index contributed by atoms with van der Waals surface area (Å²) in [5.74, 6) is 0.525. The second-order valence-electron chi connectivity index (χ2n) is 5.56. The fourth-order valence-electron chi connectivity index (χ4n) is 2.47. The lowest BCUT2D eigenvalue weighted by Gasteiger charge is -2.07. The molecule has 0 aliphatic heterocycles. The predicted molar refractivity (Wildman–Crippen MR) is 83.1 cm³/mol. The van der Waals surface area contributed by atoms with E-state index in [0.29, 0.717) is 17.2 Å². The van der Waals surface area contributed by atoms with Crippen LogP contribution in [0.15, 0.2) is 35.6 Å². The van der Waals surface area contributed by atoms with Gasteiger partial charge in [-0.3, -0.25) is 4.79 Å². The monoisotopic (exact) mass is 293 g/mol. The second kappa shape index (κ2) is 5.45. The number of benzene rings is 1. The number of hydrogen-bond donors (Lipinski definition) is 1. The molecule has 110 valence electrons. The Balaban J connectivity index is 2.13. The van der Waals surface area contributed by atoms with Crippen LogP contribution in [0.4, 0.5) is 0 Å². The molecule has 0 aliphatic carbocycles. The van der Waals surface area contributed by atoms with E-state index in [1.54, 1.807) is 0 Å². The first-order valence-corrected chi connectivity index (χ1v) is 7.03. The molecule has 0 fully saturated rings. The summed E-state index contributed by atoms with van der Waals surface area (Å²) in [5.41, 5.74) is 2.53. The SMILES string of the molecule is CC(C)Cn1cnc2cc(-c3nc[nH]c(=O)c3C#N)ccc21. The number of nitriles is 1. The number of H-pyrrole nitrogens is 1. The Bertz CT molecular complexity index is 930. The standard InChI is InChI=1S/C16H15N5O/c1-10(2)7-21-9-20-13-5-11(3-4-14(13)21)15-12(6-17)16(22)19-8-18-15/h3-5,8-10H,7H2,1-2H3,(H,18,19,22). The van der Waals surface area contributed by atoms with E-state index in [1.807, 2.05) is 30.6 Å². The van der Waals surface area contributed by atoms with Crippen molar-refractivity contribution >= 4 is 11.0 Å². The number of rotatable bonds is 3. The van der Waals surface area contributed by atoms with Crippen LogP contribution in [0.2, 0.25) is 0 Å². The van der Waals surface area contributed by atoms with Crippen molar-refractivity contribution in [2.24, 2.45) is 5.92 Å². The van der Waals surface area contributed by atoms with Crippen LogP contribution in [0.25, 0.3) is 22.3 Å².